The number of nitrogens with zero attached hydrogens (tertiary/aromatic N) is 1. The molecule has 3 atom stereocenters. The quantitative estimate of drug-likeness (QED) is 0.584. The lowest BCUT2D eigenvalue weighted by atomic mass is 9.85. The molecular weight excluding hydrogens is 413 g/mol. The molecule has 3 rings (SSSR count). The van der Waals surface area contributed by atoms with Gasteiger partial charge in [-0.05, 0) is 62.6 Å². The van der Waals surface area contributed by atoms with E-state index in [0.717, 1.165) is 17.7 Å². The van der Waals surface area contributed by atoms with Crippen LogP contribution in [-0.2, 0) is 14.3 Å². The van der Waals surface area contributed by atoms with Gasteiger partial charge in [-0.1, -0.05) is 12.1 Å². The van der Waals surface area contributed by atoms with Gasteiger partial charge in [0.2, 0.25) is 0 Å². The topological polar surface area (TPSA) is 65.1 Å². The molecule has 0 amide bonds. The van der Waals surface area contributed by atoms with E-state index in [9.17, 15) is 14.0 Å². The van der Waals surface area contributed by atoms with Crippen LogP contribution in [0.3, 0.4) is 0 Å². The predicted molar refractivity (Wildman–Crippen MR) is 120 cm³/mol. The highest BCUT2D eigenvalue weighted by Crippen LogP contribution is 2.45. The van der Waals surface area contributed by atoms with Crippen molar-refractivity contribution in [3.05, 3.63) is 59.4 Å². The average Bonchev–Trinajstić information content (AvgIpc) is 3.23. The summed E-state index contributed by atoms with van der Waals surface area (Å²) in [5.41, 5.74) is 2.00. The zero-order valence-electron chi connectivity index (χ0n) is 19.1. The first-order chi connectivity index (χ1) is 15.3. The number of likely N-dealkylation sites (N-methyl/N-ethyl adjacent to an activating group) is 1. The molecule has 6 nitrogen and oxygen atoms in total. The van der Waals surface area contributed by atoms with Crippen molar-refractivity contribution in [1.82, 2.24) is 0 Å². The number of hydrogen-bond acceptors (Lipinski definition) is 6. The Labute approximate surface area is 188 Å². The van der Waals surface area contributed by atoms with Crippen molar-refractivity contribution in [2.75, 3.05) is 26.2 Å². The summed E-state index contributed by atoms with van der Waals surface area (Å²) in [5.74, 6) is -0.973. The van der Waals surface area contributed by atoms with Crippen LogP contribution in [0.2, 0.25) is 0 Å². The first kappa shape index (κ1) is 23.6. The third-order valence-corrected chi connectivity index (χ3v) is 6.00. The minimum atomic E-state index is -0.440. The number of carbonyl (C=O) groups is 2. The van der Waals surface area contributed by atoms with Crippen molar-refractivity contribution in [3.63, 3.8) is 0 Å². The van der Waals surface area contributed by atoms with E-state index < -0.39 is 5.97 Å². The van der Waals surface area contributed by atoms with Crippen LogP contribution in [-0.4, -0.2) is 45.4 Å². The van der Waals surface area contributed by atoms with Gasteiger partial charge in [-0.15, -0.1) is 0 Å². The van der Waals surface area contributed by atoms with Crippen LogP contribution < -0.4 is 9.64 Å². The van der Waals surface area contributed by atoms with Crippen molar-refractivity contribution < 1.29 is 28.2 Å². The van der Waals surface area contributed by atoms with Gasteiger partial charge in [0.1, 0.15) is 11.6 Å². The molecule has 1 aliphatic rings. The summed E-state index contributed by atoms with van der Waals surface area (Å²) >= 11 is 0. The molecule has 0 saturated heterocycles. The largest absolute Gasteiger partial charge is 0.489 e. The molecule has 1 aliphatic carbocycles. The SMILES string of the molecule is COC(=O)c1ccc(OC(C)C)c(N(C)[C@H]2CC[C@H](C(=O)OC)[C@H]2c2ccc(F)cc2)c1. The second kappa shape index (κ2) is 10.0. The standard InChI is InChI=1S/C25H30FNO5/c1-15(2)32-22-13-8-17(24(28)30-4)14-21(22)27(3)20-12-11-19(25(29)31-5)23(20)16-6-9-18(26)10-7-16/h6-10,13-15,19-20,23H,11-12H2,1-5H3/t19-,20-,23+/m0/s1. The van der Waals surface area contributed by atoms with Gasteiger partial charge in [-0.2, -0.15) is 0 Å². The smallest absolute Gasteiger partial charge is 0.337 e. The van der Waals surface area contributed by atoms with Crippen molar-refractivity contribution in [2.45, 2.75) is 44.8 Å². The van der Waals surface area contributed by atoms with Crippen LogP contribution in [0.4, 0.5) is 10.1 Å². The van der Waals surface area contributed by atoms with Crippen molar-refractivity contribution in [3.8, 4) is 5.75 Å². The summed E-state index contributed by atoms with van der Waals surface area (Å²) in [7, 11) is 4.65. The molecule has 1 fully saturated rings. The number of benzene rings is 2. The molecule has 32 heavy (non-hydrogen) atoms. The van der Waals surface area contributed by atoms with Crippen LogP contribution in [0.25, 0.3) is 0 Å². The number of carbonyl (C=O) groups excluding carboxylic acids is 2. The predicted octanol–water partition coefficient (Wildman–Crippen LogP) is 4.57. The minimum absolute atomic E-state index is 0.0644. The molecule has 0 spiro atoms. The molecule has 0 N–H and O–H groups in total. The summed E-state index contributed by atoms with van der Waals surface area (Å²) < 4.78 is 29.5. The number of methoxy groups -OCH3 is 2. The second-order valence-corrected chi connectivity index (χ2v) is 8.30. The fraction of sp³-hybridized carbons (Fsp3) is 0.440. The fourth-order valence-electron chi connectivity index (χ4n) is 4.54. The third kappa shape index (κ3) is 4.87. The number of hydrogen-bond donors (Lipinski definition) is 0. The van der Waals surface area contributed by atoms with E-state index in [1.807, 2.05) is 25.8 Å². The maximum atomic E-state index is 13.6. The van der Waals surface area contributed by atoms with Crippen molar-refractivity contribution >= 4 is 17.6 Å². The summed E-state index contributed by atoms with van der Waals surface area (Å²) in [6.45, 7) is 3.87. The van der Waals surface area contributed by atoms with Crippen LogP contribution in [0.1, 0.15) is 48.5 Å². The van der Waals surface area contributed by atoms with E-state index >= 15 is 0 Å². The molecule has 0 radical (unpaired) electrons. The van der Waals surface area contributed by atoms with Crippen molar-refractivity contribution in [2.24, 2.45) is 5.92 Å². The van der Waals surface area contributed by atoms with Crippen LogP contribution in [0.5, 0.6) is 5.75 Å². The van der Waals surface area contributed by atoms with E-state index in [2.05, 4.69) is 0 Å². The van der Waals surface area contributed by atoms with E-state index in [4.69, 9.17) is 14.2 Å². The number of esters is 2. The molecule has 1 saturated carbocycles. The second-order valence-electron chi connectivity index (χ2n) is 8.30. The maximum absolute atomic E-state index is 13.6. The van der Waals surface area contributed by atoms with E-state index in [1.54, 1.807) is 30.3 Å². The molecule has 0 bridgehead atoms. The highest BCUT2D eigenvalue weighted by molar-refractivity contribution is 5.91. The van der Waals surface area contributed by atoms with Gasteiger partial charge in [0, 0.05) is 19.0 Å². The van der Waals surface area contributed by atoms with Gasteiger partial charge in [0.25, 0.3) is 0 Å². The Kier molecular flexibility index (Phi) is 7.38. The maximum Gasteiger partial charge on any atom is 0.337 e. The Morgan fingerprint density at radius 2 is 1.72 bits per heavy atom. The molecule has 0 heterocycles. The number of halogens is 1. The Morgan fingerprint density at radius 3 is 2.31 bits per heavy atom. The summed E-state index contributed by atoms with van der Waals surface area (Å²) in [5, 5.41) is 0. The monoisotopic (exact) mass is 443 g/mol. The van der Waals surface area contributed by atoms with Gasteiger partial charge in [-0.3, -0.25) is 4.79 Å². The first-order valence-electron chi connectivity index (χ1n) is 10.7. The van der Waals surface area contributed by atoms with Crippen LogP contribution >= 0.6 is 0 Å². The Morgan fingerprint density at radius 1 is 1.03 bits per heavy atom. The van der Waals surface area contributed by atoms with Gasteiger partial charge < -0.3 is 19.1 Å². The number of anilines is 1. The van der Waals surface area contributed by atoms with E-state index in [1.165, 1.54) is 26.4 Å². The molecular formula is C25H30FNO5. The molecule has 0 aromatic heterocycles. The molecule has 0 unspecified atom stereocenters. The van der Waals surface area contributed by atoms with Gasteiger partial charge in [0.15, 0.2) is 0 Å². The zero-order valence-corrected chi connectivity index (χ0v) is 19.1. The van der Waals surface area contributed by atoms with E-state index in [-0.39, 0.29) is 35.8 Å². The summed E-state index contributed by atoms with van der Waals surface area (Å²) in [6, 6.07) is 11.3. The van der Waals surface area contributed by atoms with Gasteiger partial charge in [0.05, 0.1) is 37.5 Å². The zero-order chi connectivity index (χ0) is 23.4. The van der Waals surface area contributed by atoms with Crippen molar-refractivity contribution in [1.29, 1.82) is 0 Å². The average molecular weight is 444 g/mol. The normalized spacial score (nSPS) is 20.2. The van der Waals surface area contributed by atoms with Crippen LogP contribution in [0, 0.1) is 11.7 Å². The first-order valence-corrected chi connectivity index (χ1v) is 10.7. The lowest BCUT2D eigenvalue weighted by Gasteiger charge is -2.34. The van der Waals surface area contributed by atoms with E-state index in [0.29, 0.717) is 17.7 Å². The van der Waals surface area contributed by atoms with Crippen LogP contribution in [0.15, 0.2) is 42.5 Å². The highest BCUT2D eigenvalue weighted by Gasteiger charge is 2.44. The lowest BCUT2D eigenvalue weighted by molar-refractivity contribution is -0.145. The van der Waals surface area contributed by atoms with Gasteiger partial charge in [-0.25, -0.2) is 9.18 Å². The Balaban J connectivity index is 2.05. The van der Waals surface area contributed by atoms with Gasteiger partial charge >= 0.3 is 11.9 Å². The molecule has 0 aliphatic heterocycles. The Bertz CT molecular complexity index is 959. The third-order valence-electron chi connectivity index (χ3n) is 6.00. The fourth-order valence-corrected chi connectivity index (χ4v) is 4.54. The highest BCUT2D eigenvalue weighted by atomic mass is 19.1. The number of rotatable bonds is 7. The molecule has 2 aromatic rings. The minimum Gasteiger partial charge on any atom is -0.489 e. The lowest BCUT2D eigenvalue weighted by Crippen LogP contribution is -2.37. The number of ether oxygens (including phenoxy) is 3. The summed E-state index contributed by atoms with van der Waals surface area (Å²) in [4.78, 5) is 26.8. The molecule has 7 heteroatoms. The molecule has 2 aromatic carbocycles. The molecule has 172 valence electrons. The summed E-state index contributed by atoms with van der Waals surface area (Å²) in [6.07, 6.45) is 1.30. The Hall–Kier alpha value is -3.09.